The third-order valence-electron chi connectivity index (χ3n) is 1.69. The van der Waals surface area contributed by atoms with Crippen molar-refractivity contribution in [3.63, 3.8) is 0 Å². The van der Waals surface area contributed by atoms with Crippen LogP contribution in [-0.4, -0.2) is 47.6 Å². The third kappa shape index (κ3) is 4.24. The summed E-state index contributed by atoms with van der Waals surface area (Å²) in [5.41, 5.74) is 0.0776. The number of pyridine rings is 1. The van der Waals surface area contributed by atoms with Crippen molar-refractivity contribution >= 4 is 5.97 Å². The molecule has 0 aromatic carbocycles. The van der Waals surface area contributed by atoms with Crippen molar-refractivity contribution < 1.29 is 24.5 Å². The maximum atomic E-state index is 10.6. The van der Waals surface area contributed by atoms with Crippen molar-refractivity contribution in [3.05, 3.63) is 24.0 Å². The van der Waals surface area contributed by atoms with E-state index in [1.807, 2.05) is 0 Å². The highest BCUT2D eigenvalue weighted by atomic mass is 16.5. The lowest BCUT2D eigenvalue weighted by molar-refractivity contribution is 0.0685. The number of aromatic nitrogens is 1. The van der Waals surface area contributed by atoms with Crippen molar-refractivity contribution in [2.24, 2.45) is 0 Å². The molecule has 1 heterocycles. The van der Waals surface area contributed by atoms with Gasteiger partial charge >= 0.3 is 5.97 Å². The Morgan fingerprint density at radius 2 is 2.12 bits per heavy atom. The molecule has 1 aromatic heterocycles. The van der Waals surface area contributed by atoms with Crippen molar-refractivity contribution in [2.75, 3.05) is 26.4 Å². The molecule has 0 saturated heterocycles. The van der Waals surface area contributed by atoms with E-state index in [-0.39, 0.29) is 25.4 Å². The van der Waals surface area contributed by atoms with Gasteiger partial charge in [0.2, 0.25) is 0 Å². The molecular weight excluding hydrogens is 214 g/mol. The van der Waals surface area contributed by atoms with Gasteiger partial charge in [-0.1, -0.05) is 0 Å². The quantitative estimate of drug-likeness (QED) is 0.645. The minimum absolute atomic E-state index is 0.0317. The summed E-state index contributed by atoms with van der Waals surface area (Å²) in [5.74, 6) is -0.665. The lowest BCUT2D eigenvalue weighted by atomic mass is 10.3. The van der Waals surface area contributed by atoms with E-state index >= 15 is 0 Å². The summed E-state index contributed by atoms with van der Waals surface area (Å²) < 4.78 is 10.2. The molecule has 0 saturated carbocycles. The zero-order valence-electron chi connectivity index (χ0n) is 8.63. The molecule has 1 rings (SSSR count). The van der Waals surface area contributed by atoms with E-state index in [0.717, 1.165) is 0 Å². The Labute approximate surface area is 92.5 Å². The van der Waals surface area contributed by atoms with Gasteiger partial charge in [0.05, 0.1) is 31.6 Å². The van der Waals surface area contributed by atoms with Gasteiger partial charge in [0.1, 0.15) is 12.4 Å². The maximum Gasteiger partial charge on any atom is 0.337 e. The highest BCUT2D eigenvalue weighted by Gasteiger charge is 2.04. The summed E-state index contributed by atoms with van der Waals surface area (Å²) >= 11 is 0. The van der Waals surface area contributed by atoms with E-state index in [1.54, 1.807) is 0 Å². The SMILES string of the molecule is O=C(O)c1cncc(OCCOCCO)c1. The van der Waals surface area contributed by atoms with E-state index in [9.17, 15) is 4.79 Å². The molecular formula is C10H13NO5. The number of nitrogens with zero attached hydrogens (tertiary/aromatic N) is 1. The molecule has 6 nitrogen and oxygen atoms in total. The van der Waals surface area contributed by atoms with E-state index in [1.165, 1.54) is 18.5 Å². The van der Waals surface area contributed by atoms with E-state index in [2.05, 4.69) is 4.98 Å². The Bertz CT molecular complexity index is 342. The van der Waals surface area contributed by atoms with Crippen molar-refractivity contribution in [3.8, 4) is 5.75 Å². The molecule has 0 fully saturated rings. The average molecular weight is 227 g/mol. The lowest BCUT2D eigenvalue weighted by Gasteiger charge is -2.06. The normalized spacial score (nSPS) is 10.1. The topological polar surface area (TPSA) is 88.9 Å². The second-order valence-corrected chi connectivity index (χ2v) is 2.90. The van der Waals surface area contributed by atoms with Crippen molar-refractivity contribution in [2.45, 2.75) is 0 Å². The first-order valence-corrected chi connectivity index (χ1v) is 4.74. The number of hydrogen-bond donors (Lipinski definition) is 2. The van der Waals surface area contributed by atoms with Crippen LogP contribution in [0.2, 0.25) is 0 Å². The summed E-state index contributed by atoms with van der Waals surface area (Å²) in [4.78, 5) is 14.4. The Balaban J connectivity index is 2.36. The summed E-state index contributed by atoms with van der Waals surface area (Å²) in [6.45, 7) is 0.843. The largest absolute Gasteiger partial charge is 0.490 e. The number of carboxylic acids is 1. The van der Waals surface area contributed by atoms with Crippen molar-refractivity contribution in [1.29, 1.82) is 0 Å². The van der Waals surface area contributed by atoms with Crippen LogP contribution in [0.3, 0.4) is 0 Å². The van der Waals surface area contributed by atoms with Crippen molar-refractivity contribution in [1.82, 2.24) is 4.98 Å². The molecule has 0 atom stereocenters. The van der Waals surface area contributed by atoms with Gasteiger partial charge in [0, 0.05) is 6.20 Å². The molecule has 0 spiro atoms. The minimum atomic E-state index is -1.05. The first-order chi connectivity index (χ1) is 7.74. The fourth-order valence-electron chi connectivity index (χ4n) is 1.000. The predicted octanol–water partition coefficient (Wildman–Crippen LogP) is 0.168. The lowest BCUT2D eigenvalue weighted by Crippen LogP contribution is -2.09. The minimum Gasteiger partial charge on any atom is -0.490 e. The standard InChI is InChI=1S/C10H13NO5/c12-1-2-15-3-4-16-9-5-8(10(13)14)6-11-7-9/h5-7,12H,1-4H2,(H,13,14). The number of carboxylic acid groups (broad SMARTS) is 1. The Morgan fingerprint density at radius 3 is 2.81 bits per heavy atom. The second kappa shape index (κ2) is 6.76. The van der Waals surface area contributed by atoms with Crippen LogP contribution in [-0.2, 0) is 4.74 Å². The van der Waals surface area contributed by atoms with Crippen LogP contribution in [0, 0.1) is 0 Å². The zero-order chi connectivity index (χ0) is 11.8. The number of aliphatic hydroxyl groups excluding tert-OH is 1. The first-order valence-electron chi connectivity index (χ1n) is 4.74. The molecule has 0 amide bonds. The van der Waals surface area contributed by atoms with E-state index in [4.69, 9.17) is 19.7 Å². The van der Waals surface area contributed by atoms with Crippen LogP contribution in [0.4, 0.5) is 0 Å². The van der Waals surface area contributed by atoms with Gasteiger partial charge in [-0.3, -0.25) is 4.98 Å². The molecule has 0 bridgehead atoms. The van der Waals surface area contributed by atoms with Gasteiger partial charge < -0.3 is 19.7 Å². The number of aliphatic hydroxyl groups is 1. The molecule has 2 N–H and O–H groups in total. The van der Waals surface area contributed by atoms with Crippen LogP contribution in [0.25, 0.3) is 0 Å². The number of aromatic carboxylic acids is 1. The van der Waals surface area contributed by atoms with Crippen LogP contribution in [0.15, 0.2) is 18.5 Å². The van der Waals surface area contributed by atoms with Crippen LogP contribution in [0.1, 0.15) is 10.4 Å². The third-order valence-corrected chi connectivity index (χ3v) is 1.69. The fourth-order valence-corrected chi connectivity index (χ4v) is 1.000. The van der Waals surface area contributed by atoms with Crippen LogP contribution in [0.5, 0.6) is 5.75 Å². The molecule has 0 radical (unpaired) electrons. The molecule has 16 heavy (non-hydrogen) atoms. The summed E-state index contributed by atoms with van der Waals surface area (Å²) in [5, 5.41) is 17.1. The molecule has 0 aliphatic carbocycles. The summed E-state index contributed by atoms with van der Waals surface area (Å²) in [7, 11) is 0. The van der Waals surface area contributed by atoms with Gasteiger partial charge in [0.25, 0.3) is 0 Å². The molecule has 1 aromatic rings. The van der Waals surface area contributed by atoms with Gasteiger partial charge in [-0.25, -0.2) is 4.79 Å². The van der Waals surface area contributed by atoms with Gasteiger partial charge in [0.15, 0.2) is 0 Å². The van der Waals surface area contributed by atoms with E-state index < -0.39 is 5.97 Å². The number of rotatable bonds is 7. The fraction of sp³-hybridized carbons (Fsp3) is 0.400. The van der Waals surface area contributed by atoms with E-state index in [0.29, 0.717) is 12.4 Å². The Hall–Kier alpha value is -1.66. The van der Waals surface area contributed by atoms with Gasteiger partial charge in [-0.15, -0.1) is 0 Å². The molecule has 0 aliphatic heterocycles. The van der Waals surface area contributed by atoms with Crippen LogP contribution < -0.4 is 4.74 Å². The highest BCUT2D eigenvalue weighted by Crippen LogP contribution is 2.10. The maximum absolute atomic E-state index is 10.6. The number of ether oxygens (including phenoxy) is 2. The molecule has 0 aliphatic rings. The number of carbonyl (C=O) groups is 1. The molecule has 6 heteroatoms. The average Bonchev–Trinajstić information content (AvgIpc) is 2.29. The van der Waals surface area contributed by atoms with Gasteiger partial charge in [-0.05, 0) is 6.07 Å². The highest BCUT2D eigenvalue weighted by molar-refractivity contribution is 5.87. The smallest absolute Gasteiger partial charge is 0.337 e. The second-order valence-electron chi connectivity index (χ2n) is 2.90. The Morgan fingerprint density at radius 1 is 1.31 bits per heavy atom. The predicted molar refractivity (Wildman–Crippen MR) is 54.6 cm³/mol. The monoisotopic (exact) mass is 227 g/mol. The summed E-state index contributed by atoms with van der Waals surface area (Å²) in [6, 6.07) is 1.39. The van der Waals surface area contributed by atoms with Crippen LogP contribution >= 0.6 is 0 Å². The zero-order valence-corrected chi connectivity index (χ0v) is 8.63. The number of hydrogen-bond acceptors (Lipinski definition) is 5. The first kappa shape index (κ1) is 12.4. The Kier molecular flexibility index (Phi) is 5.24. The molecule has 0 unspecified atom stereocenters. The van der Waals surface area contributed by atoms with Gasteiger partial charge in [-0.2, -0.15) is 0 Å². The summed E-state index contributed by atoms with van der Waals surface area (Å²) in [6.07, 6.45) is 2.68. The molecule has 88 valence electrons.